The van der Waals surface area contributed by atoms with Gasteiger partial charge in [0.15, 0.2) is 0 Å². The predicted molar refractivity (Wildman–Crippen MR) is 109 cm³/mol. The second-order valence-electron chi connectivity index (χ2n) is 6.34. The first-order valence-corrected chi connectivity index (χ1v) is 9.21. The van der Waals surface area contributed by atoms with E-state index in [0.29, 0.717) is 16.3 Å². The molecule has 0 fully saturated rings. The summed E-state index contributed by atoms with van der Waals surface area (Å²) in [6.45, 7) is -0.407. The maximum absolute atomic E-state index is 12.4. The Labute approximate surface area is 171 Å². The van der Waals surface area contributed by atoms with Crippen LogP contribution in [0.5, 0.6) is 0 Å². The maximum atomic E-state index is 12.4. The van der Waals surface area contributed by atoms with E-state index in [9.17, 15) is 19.5 Å². The average Bonchev–Trinajstić information content (AvgIpc) is 2.70. The molecule has 3 rings (SSSR count). The summed E-state index contributed by atoms with van der Waals surface area (Å²) in [5.41, 5.74) is 1.35. The molecule has 2 aromatic carbocycles. The van der Waals surface area contributed by atoms with Gasteiger partial charge in [0, 0.05) is 18.1 Å². The molecule has 0 aliphatic carbocycles. The summed E-state index contributed by atoms with van der Waals surface area (Å²) >= 11 is 6.17. The highest BCUT2D eigenvalue weighted by atomic mass is 35.5. The molecule has 0 saturated heterocycles. The van der Waals surface area contributed by atoms with Gasteiger partial charge in [-0.2, -0.15) is 5.10 Å². The Kier molecular flexibility index (Phi) is 6.41. The van der Waals surface area contributed by atoms with Gasteiger partial charge in [0.2, 0.25) is 5.91 Å². The van der Waals surface area contributed by atoms with Crippen molar-refractivity contribution < 1.29 is 14.7 Å². The number of rotatable bonds is 7. The van der Waals surface area contributed by atoms with Crippen LogP contribution in [0.15, 0.2) is 71.5 Å². The molecule has 1 aromatic heterocycles. The van der Waals surface area contributed by atoms with Crippen LogP contribution < -0.4 is 10.9 Å². The number of halogens is 1. The van der Waals surface area contributed by atoms with Crippen molar-refractivity contribution in [2.45, 2.75) is 19.0 Å². The maximum Gasteiger partial charge on any atom is 0.326 e. The quantitative estimate of drug-likeness (QED) is 0.621. The van der Waals surface area contributed by atoms with Crippen molar-refractivity contribution in [1.82, 2.24) is 15.1 Å². The topological polar surface area (TPSA) is 101 Å². The first-order valence-electron chi connectivity index (χ1n) is 8.83. The van der Waals surface area contributed by atoms with Gasteiger partial charge in [-0.05, 0) is 17.7 Å². The molecular weight excluding hydrogens is 394 g/mol. The summed E-state index contributed by atoms with van der Waals surface area (Å²) in [5, 5.41) is 16.5. The Balaban J connectivity index is 1.76. The Morgan fingerprint density at radius 2 is 1.72 bits per heavy atom. The number of aromatic nitrogens is 2. The van der Waals surface area contributed by atoms with Crippen LogP contribution in [0.25, 0.3) is 11.3 Å². The van der Waals surface area contributed by atoms with Crippen LogP contribution in [0.1, 0.15) is 5.56 Å². The first-order chi connectivity index (χ1) is 13.9. The molecule has 0 spiro atoms. The predicted octanol–water partition coefficient (Wildman–Crippen LogP) is 2.38. The third-order valence-electron chi connectivity index (χ3n) is 4.23. The van der Waals surface area contributed by atoms with E-state index in [1.54, 1.807) is 48.5 Å². The second kappa shape index (κ2) is 9.16. The molecule has 29 heavy (non-hydrogen) atoms. The van der Waals surface area contributed by atoms with E-state index in [2.05, 4.69) is 10.4 Å². The van der Waals surface area contributed by atoms with Crippen molar-refractivity contribution >= 4 is 23.5 Å². The minimum Gasteiger partial charge on any atom is -0.480 e. The second-order valence-corrected chi connectivity index (χ2v) is 6.75. The third kappa shape index (κ3) is 5.30. The minimum atomic E-state index is -1.16. The molecule has 2 N–H and O–H groups in total. The van der Waals surface area contributed by atoms with Crippen LogP contribution in [0, 0.1) is 0 Å². The van der Waals surface area contributed by atoms with E-state index in [-0.39, 0.29) is 6.42 Å². The van der Waals surface area contributed by atoms with Gasteiger partial charge in [0.05, 0.1) is 10.7 Å². The van der Waals surface area contributed by atoms with E-state index in [0.717, 1.165) is 10.2 Å². The molecule has 8 heteroatoms. The normalized spacial score (nSPS) is 11.6. The summed E-state index contributed by atoms with van der Waals surface area (Å²) in [6, 6.07) is 17.7. The fraction of sp³-hybridized carbons (Fsp3) is 0.143. The molecule has 3 aromatic rings. The van der Waals surface area contributed by atoms with Gasteiger partial charge in [-0.15, -0.1) is 0 Å². The van der Waals surface area contributed by atoms with Crippen LogP contribution >= 0.6 is 11.6 Å². The minimum absolute atomic E-state index is 0.129. The lowest BCUT2D eigenvalue weighted by atomic mass is 10.1. The van der Waals surface area contributed by atoms with E-state index < -0.39 is 30.0 Å². The zero-order chi connectivity index (χ0) is 20.8. The number of nitrogens with one attached hydrogen (secondary N) is 1. The highest BCUT2D eigenvalue weighted by molar-refractivity contribution is 6.33. The van der Waals surface area contributed by atoms with Crippen LogP contribution in [0.3, 0.4) is 0 Å². The number of nitrogens with zero attached hydrogens (tertiary/aromatic N) is 2. The number of hydrogen-bond donors (Lipinski definition) is 2. The number of hydrogen-bond acceptors (Lipinski definition) is 4. The smallest absolute Gasteiger partial charge is 0.326 e. The molecule has 0 bridgehead atoms. The molecule has 7 nitrogen and oxygen atoms in total. The first kappa shape index (κ1) is 20.3. The SMILES string of the molecule is O=C(Cn1nc(-c2ccccc2Cl)ccc1=O)N[C@H](Cc1ccccc1)C(=O)O. The van der Waals surface area contributed by atoms with Crippen molar-refractivity contribution in [2.24, 2.45) is 0 Å². The zero-order valence-electron chi connectivity index (χ0n) is 15.3. The lowest BCUT2D eigenvalue weighted by molar-refractivity contribution is -0.141. The van der Waals surface area contributed by atoms with E-state index in [4.69, 9.17) is 11.6 Å². The zero-order valence-corrected chi connectivity index (χ0v) is 16.0. The van der Waals surface area contributed by atoms with Gasteiger partial charge in [-0.1, -0.05) is 60.1 Å². The van der Waals surface area contributed by atoms with Gasteiger partial charge in [-0.3, -0.25) is 9.59 Å². The van der Waals surface area contributed by atoms with Gasteiger partial charge in [0.25, 0.3) is 5.56 Å². The molecule has 1 heterocycles. The summed E-state index contributed by atoms with van der Waals surface area (Å²) in [7, 11) is 0. The lowest BCUT2D eigenvalue weighted by Gasteiger charge is -2.15. The standard InChI is InChI=1S/C21H18ClN3O4/c22-16-9-5-4-8-15(16)17-10-11-20(27)25(24-17)13-19(26)23-18(21(28)29)12-14-6-2-1-3-7-14/h1-11,18H,12-13H2,(H,23,26)(H,28,29)/t18-/m1/s1. The van der Waals surface area contributed by atoms with Crippen LogP contribution in [0.2, 0.25) is 5.02 Å². The summed E-state index contributed by atoms with van der Waals surface area (Å²) < 4.78 is 0.982. The Bertz CT molecular complexity index is 1080. The van der Waals surface area contributed by atoms with Gasteiger partial charge < -0.3 is 10.4 Å². The number of carboxylic acids is 1. The molecular formula is C21H18ClN3O4. The largest absolute Gasteiger partial charge is 0.480 e. The average molecular weight is 412 g/mol. The highest BCUT2D eigenvalue weighted by Crippen LogP contribution is 2.24. The Morgan fingerprint density at radius 3 is 2.41 bits per heavy atom. The molecule has 0 saturated carbocycles. The highest BCUT2D eigenvalue weighted by Gasteiger charge is 2.21. The van der Waals surface area contributed by atoms with Gasteiger partial charge in [-0.25, -0.2) is 9.48 Å². The van der Waals surface area contributed by atoms with Crippen LogP contribution in [0.4, 0.5) is 0 Å². The molecule has 0 aliphatic heterocycles. The fourth-order valence-corrected chi connectivity index (χ4v) is 3.03. The van der Waals surface area contributed by atoms with Crippen molar-refractivity contribution in [1.29, 1.82) is 0 Å². The summed E-state index contributed by atoms with van der Waals surface area (Å²) in [5.74, 6) is -1.79. The van der Waals surface area contributed by atoms with Crippen molar-refractivity contribution in [3.63, 3.8) is 0 Å². The van der Waals surface area contributed by atoms with Crippen LogP contribution in [-0.2, 0) is 22.6 Å². The van der Waals surface area contributed by atoms with E-state index in [1.165, 1.54) is 12.1 Å². The number of carbonyl (C=O) groups excluding carboxylic acids is 1. The number of aliphatic carboxylic acids is 1. The molecule has 1 amide bonds. The number of benzene rings is 2. The molecule has 1 atom stereocenters. The van der Waals surface area contributed by atoms with Crippen molar-refractivity contribution in [3.8, 4) is 11.3 Å². The molecule has 0 unspecified atom stereocenters. The third-order valence-corrected chi connectivity index (χ3v) is 4.56. The summed E-state index contributed by atoms with van der Waals surface area (Å²) in [6.07, 6.45) is 0.129. The Morgan fingerprint density at radius 1 is 1.03 bits per heavy atom. The fourth-order valence-electron chi connectivity index (χ4n) is 2.80. The molecule has 148 valence electrons. The van der Waals surface area contributed by atoms with Crippen LogP contribution in [-0.4, -0.2) is 32.8 Å². The molecule has 0 aliphatic rings. The van der Waals surface area contributed by atoms with E-state index >= 15 is 0 Å². The van der Waals surface area contributed by atoms with Crippen molar-refractivity contribution in [2.75, 3.05) is 0 Å². The van der Waals surface area contributed by atoms with Crippen molar-refractivity contribution in [3.05, 3.63) is 87.7 Å². The van der Waals surface area contributed by atoms with Gasteiger partial charge in [0.1, 0.15) is 12.6 Å². The number of amides is 1. The molecule has 0 radical (unpaired) electrons. The van der Waals surface area contributed by atoms with Gasteiger partial charge >= 0.3 is 5.97 Å². The summed E-state index contributed by atoms with van der Waals surface area (Å²) in [4.78, 5) is 36.0. The monoisotopic (exact) mass is 411 g/mol. The number of carbonyl (C=O) groups is 2. The lowest BCUT2D eigenvalue weighted by Crippen LogP contribution is -2.44. The van der Waals surface area contributed by atoms with E-state index in [1.807, 2.05) is 6.07 Å². The Hall–Kier alpha value is -3.45. The number of carboxylic acid groups (broad SMARTS) is 1.